The van der Waals surface area contributed by atoms with Crippen LogP contribution < -0.4 is 10.6 Å². The quantitative estimate of drug-likeness (QED) is 0.330. The van der Waals surface area contributed by atoms with E-state index in [1.807, 2.05) is 0 Å². The predicted molar refractivity (Wildman–Crippen MR) is 84.4 cm³/mol. The summed E-state index contributed by atoms with van der Waals surface area (Å²) in [5.74, 6) is 0.977. The number of unbranched alkanes of at least 4 members (excludes halogenated alkanes) is 3. The van der Waals surface area contributed by atoms with Gasteiger partial charge in [0.2, 0.25) is 0 Å². The molecule has 0 aromatic carbocycles. The Balaban J connectivity index is 3.26. The Labute approximate surface area is 126 Å². The van der Waals surface area contributed by atoms with Crippen molar-refractivity contribution < 1.29 is 13.0 Å². The summed E-state index contributed by atoms with van der Waals surface area (Å²) in [5, 5.41) is 6.79. The molecule has 0 fully saturated rings. The Kier molecular flexibility index (Phi) is 12.9. The molecule has 0 aromatic heterocycles. The van der Waals surface area contributed by atoms with Crippen LogP contribution in [-0.2, 0) is 21.9 Å². The minimum atomic E-state index is -1.92. The Hall–Kier alpha value is -0.0500. The van der Waals surface area contributed by atoms with Gasteiger partial charge in [-0.1, -0.05) is 17.5 Å². The fourth-order valence-corrected chi connectivity index (χ4v) is 2.67. The van der Waals surface area contributed by atoms with E-state index in [2.05, 4.69) is 10.6 Å². The number of hydrogen-bond donors (Lipinski definition) is 2. The van der Waals surface area contributed by atoms with Crippen molar-refractivity contribution in [2.45, 2.75) is 32.1 Å². The molecule has 0 aliphatic carbocycles. The van der Waals surface area contributed by atoms with E-state index >= 15 is 0 Å². The van der Waals surface area contributed by atoms with Gasteiger partial charge in [-0.15, -0.1) is 0 Å². The number of nitrogens with one attached hydrogen (secondary N) is 2. The lowest BCUT2D eigenvalue weighted by atomic mass is 10.2. The molecule has 0 saturated carbocycles. The van der Waals surface area contributed by atoms with Crippen LogP contribution in [0, 0.1) is 0 Å². The summed E-state index contributed by atoms with van der Waals surface area (Å²) in [4.78, 5) is 0. The first-order chi connectivity index (χ1) is 9.02. The van der Waals surface area contributed by atoms with E-state index in [-0.39, 0.29) is 5.75 Å². The van der Waals surface area contributed by atoms with Crippen LogP contribution in [0.15, 0.2) is 0 Å². The van der Waals surface area contributed by atoms with Crippen molar-refractivity contribution in [3.63, 3.8) is 0 Å². The highest BCUT2D eigenvalue weighted by Crippen LogP contribution is 1.95. The predicted octanol–water partition coefficient (Wildman–Crippen LogP) is 0.659. The standard InChI is InChI=1S/C11H24N2O3S3/c1-18(14)9-6-4-8-13-11(17)12-7-3-2-5-10-19(15)16/h2-10H2,1H3,(H,15,16)(H2,12,13,17)/p-1. The summed E-state index contributed by atoms with van der Waals surface area (Å²) in [6.07, 6.45) is 6.09. The normalized spacial score (nSPS) is 13.8. The average molecular weight is 328 g/mol. The second-order valence-electron chi connectivity index (χ2n) is 4.24. The highest BCUT2D eigenvalue weighted by molar-refractivity contribution is 7.84. The molecule has 0 spiro atoms. The first-order valence-corrected chi connectivity index (χ1v) is 9.78. The Bertz CT molecular complexity index is 301. The maximum atomic E-state index is 10.8. The smallest absolute Gasteiger partial charge is 0.166 e. The van der Waals surface area contributed by atoms with Gasteiger partial charge in [0.1, 0.15) is 0 Å². The van der Waals surface area contributed by atoms with E-state index in [1.54, 1.807) is 6.26 Å². The van der Waals surface area contributed by atoms with E-state index in [0.29, 0.717) is 11.5 Å². The third-order valence-electron chi connectivity index (χ3n) is 2.42. The summed E-state index contributed by atoms with van der Waals surface area (Å²) in [7, 11) is -0.712. The fourth-order valence-electron chi connectivity index (χ4n) is 1.42. The first-order valence-electron chi connectivity index (χ1n) is 6.40. The van der Waals surface area contributed by atoms with Crippen molar-refractivity contribution in [2.75, 3.05) is 30.9 Å². The van der Waals surface area contributed by atoms with E-state index < -0.39 is 21.9 Å². The largest absolute Gasteiger partial charge is 0.772 e. The lowest BCUT2D eigenvalue weighted by Gasteiger charge is -2.10. The monoisotopic (exact) mass is 327 g/mol. The zero-order valence-corrected chi connectivity index (χ0v) is 13.8. The SMILES string of the molecule is CS(=O)CCCCNC(=S)NCCCCCS(=O)[O-]. The van der Waals surface area contributed by atoms with Crippen molar-refractivity contribution in [3.8, 4) is 0 Å². The van der Waals surface area contributed by atoms with E-state index in [4.69, 9.17) is 12.2 Å². The van der Waals surface area contributed by atoms with Crippen molar-refractivity contribution in [1.29, 1.82) is 0 Å². The van der Waals surface area contributed by atoms with Gasteiger partial charge in [0.15, 0.2) is 5.11 Å². The molecule has 2 atom stereocenters. The maximum absolute atomic E-state index is 10.8. The molecule has 2 unspecified atom stereocenters. The van der Waals surface area contributed by atoms with Gasteiger partial charge in [-0.3, -0.25) is 8.42 Å². The number of hydrogen-bond acceptors (Lipinski definition) is 4. The summed E-state index contributed by atoms with van der Waals surface area (Å²) in [6, 6.07) is 0. The number of rotatable bonds is 11. The zero-order chi connectivity index (χ0) is 14.5. The van der Waals surface area contributed by atoms with Crippen molar-refractivity contribution >= 4 is 39.2 Å². The van der Waals surface area contributed by atoms with Crippen molar-refractivity contribution in [2.24, 2.45) is 0 Å². The van der Waals surface area contributed by atoms with Crippen LogP contribution in [0.3, 0.4) is 0 Å². The molecule has 0 heterocycles. The molecule has 5 nitrogen and oxygen atoms in total. The number of thiocarbonyl (C=S) groups is 1. The zero-order valence-electron chi connectivity index (χ0n) is 11.3. The van der Waals surface area contributed by atoms with Crippen molar-refractivity contribution in [3.05, 3.63) is 0 Å². The highest BCUT2D eigenvalue weighted by Gasteiger charge is 1.96. The summed E-state index contributed by atoms with van der Waals surface area (Å²) >= 11 is 3.17. The topological polar surface area (TPSA) is 81.3 Å². The van der Waals surface area contributed by atoms with E-state index in [0.717, 1.165) is 44.5 Å². The second kappa shape index (κ2) is 13.0. The van der Waals surface area contributed by atoms with Gasteiger partial charge in [0.05, 0.1) is 0 Å². The lowest BCUT2D eigenvalue weighted by molar-refractivity contribution is 0.532. The molecule has 0 aliphatic rings. The van der Waals surface area contributed by atoms with Crippen molar-refractivity contribution in [1.82, 2.24) is 10.6 Å². The van der Waals surface area contributed by atoms with Crippen LogP contribution in [-0.4, -0.2) is 48.9 Å². The van der Waals surface area contributed by atoms with Gasteiger partial charge < -0.3 is 15.2 Å². The van der Waals surface area contributed by atoms with Crippen LogP contribution in [0.1, 0.15) is 32.1 Å². The van der Waals surface area contributed by atoms with Gasteiger partial charge in [-0.2, -0.15) is 0 Å². The van der Waals surface area contributed by atoms with Crippen LogP contribution in [0.2, 0.25) is 0 Å². The van der Waals surface area contributed by atoms with Crippen LogP contribution >= 0.6 is 12.2 Å². The molecule has 0 amide bonds. The van der Waals surface area contributed by atoms with Gasteiger partial charge in [0.25, 0.3) is 0 Å². The minimum Gasteiger partial charge on any atom is -0.772 e. The molecule has 0 aromatic rings. The van der Waals surface area contributed by atoms with E-state index in [1.165, 1.54) is 0 Å². The molecule has 0 aliphatic heterocycles. The Morgan fingerprint density at radius 2 is 1.53 bits per heavy atom. The fraction of sp³-hybridized carbons (Fsp3) is 0.909. The Morgan fingerprint density at radius 3 is 2.05 bits per heavy atom. The van der Waals surface area contributed by atoms with Crippen LogP contribution in [0.5, 0.6) is 0 Å². The summed E-state index contributed by atoms with van der Waals surface area (Å²) < 4.78 is 31.4. The first kappa shape index (κ1) is 18.9. The van der Waals surface area contributed by atoms with Crippen LogP contribution in [0.4, 0.5) is 0 Å². The van der Waals surface area contributed by atoms with Gasteiger partial charge in [0, 0.05) is 41.7 Å². The minimum absolute atomic E-state index is 0.238. The lowest BCUT2D eigenvalue weighted by Crippen LogP contribution is -2.36. The molecular formula is C11H23N2O3S3-. The summed E-state index contributed by atoms with van der Waals surface area (Å²) in [6.45, 7) is 1.55. The van der Waals surface area contributed by atoms with Crippen LogP contribution in [0.25, 0.3) is 0 Å². The molecule has 2 N–H and O–H groups in total. The molecular weight excluding hydrogens is 304 g/mol. The molecule has 0 saturated heterocycles. The molecule has 0 radical (unpaired) electrons. The van der Waals surface area contributed by atoms with Gasteiger partial charge in [-0.05, 0) is 37.9 Å². The van der Waals surface area contributed by atoms with Gasteiger partial charge >= 0.3 is 0 Å². The molecule has 114 valence electrons. The average Bonchev–Trinajstić information content (AvgIpc) is 2.32. The maximum Gasteiger partial charge on any atom is 0.166 e. The molecule has 0 rings (SSSR count). The third kappa shape index (κ3) is 15.9. The molecule has 19 heavy (non-hydrogen) atoms. The molecule has 0 bridgehead atoms. The second-order valence-corrected chi connectivity index (χ2v) is 7.21. The third-order valence-corrected chi connectivity index (χ3v) is 4.19. The highest BCUT2D eigenvalue weighted by atomic mass is 32.2. The van der Waals surface area contributed by atoms with E-state index in [9.17, 15) is 13.0 Å². The summed E-state index contributed by atoms with van der Waals surface area (Å²) in [5.41, 5.74) is 0. The Morgan fingerprint density at radius 1 is 1.00 bits per heavy atom. The molecule has 8 heteroatoms. The van der Waals surface area contributed by atoms with Gasteiger partial charge in [-0.25, -0.2) is 0 Å².